The minimum atomic E-state index is -4.77. The van der Waals surface area contributed by atoms with Crippen molar-refractivity contribution in [2.45, 2.75) is 102 Å². The van der Waals surface area contributed by atoms with Gasteiger partial charge in [-0.05, 0) is 67.2 Å². The second-order valence-electron chi connectivity index (χ2n) is 10.2. The van der Waals surface area contributed by atoms with Gasteiger partial charge in [-0.15, -0.1) is 13.2 Å². The molecular weight excluding hydrogens is 487 g/mol. The fourth-order valence-electron chi connectivity index (χ4n) is 5.19. The largest absolute Gasteiger partial charge is 0.573 e. The normalized spacial score (nSPS) is 18.6. The molecule has 7 heteroatoms. The van der Waals surface area contributed by atoms with Gasteiger partial charge in [0, 0.05) is 0 Å². The molecule has 206 valence electrons. The first-order valence-corrected chi connectivity index (χ1v) is 13.6. The van der Waals surface area contributed by atoms with Crippen LogP contribution in [0.15, 0.2) is 48.5 Å². The molecule has 0 unspecified atom stereocenters. The van der Waals surface area contributed by atoms with E-state index in [1.54, 1.807) is 12.1 Å². The first kappa shape index (κ1) is 29.4. The molecule has 0 aliphatic heterocycles. The Labute approximate surface area is 217 Å². The van der Waals surface area contributed by atoms with Crippen LogP contribution in [0, 0.1) is 5.92 Å². The van der Waals surface area contributed by atoms with Crippen LogP contribution in [0.3, 0.4) is 0 Å². The molecule has 0 bridgehead atoms. The molecule has 2 nitrogen and oxygen atoms in total. The monoisotopic (exact) mass is 526 g/mol. The van der Waals surface area contributed by atoms with Crippen LogP contribution in [0.5, 0.6) is 5.75 Å². The van der Waals surface area contributed by atoms with Crippen molar-refractivity contribution in [2.24, 2.45) is 5.92 Å². The number of hydrogen-bond donors (Lipinski definition) is 0. The van der Waals surface area contributed by atoms with Crippen LogP contribution in [0.25, 0.3) is 0 Å². The van der Waals surface area contributed by atoms with Crippen LogP contribution < -0.4 is 4.74 Å². The van der Waals surface area contributed by atoms with Crippen molar-refractivity contribution in [3.8, 4) is 5.75 Å². The van der Waals surface area contributed by atoms with Gasteiger partial charge in [-0.1, -0.05) is 88.3 Å². The standard InChI is InChI=1S/C30H39F5O2/c1-2-3-4-5-6-7-8-23-9-13-25(14-10-23)26-15-17-27(18-16-26)29(31,32)36-22-21-24-11-19-28(20-12-24)37-30(33,34)35/h11-12,15-20,23,25H,2-10,13-14,21-22H2,1H3. The van der Waals surface area contributed by atoms with E-state index >= 15 is 0 Å². The number of unbranched alkanes of at least 4 members (excludes halogenated alkanes) is 5. The molecule has 0 N–H and O–H groups in total. The lowest BCUT2D eigenvalue weighted by molar-refractivity contribution is -0.274. The third-order valence-electron chi connectivity index (χ3n) is 7.36. The first-order chi connectivity index (χ1) is 17.7. The zero-order chi connectivity index (χ0) is 26.7. The maximum Gasteiger partial charge on any atom is 0.573 e. The van der Waals surface area contributed by atoms with Crippen LogP contribution in [0.2, 0.25) is 0 Å². The summed E-state index contributed by atoms with van der Waals surface area (Å²) in [6, 6.07) is 11.6. The highest BCUT2D eigenvalue weighted by Gasteiger charge is 2.33. The van der Waals surface area contributed by atoms with Gasteiger partial charge < -0.3 is 9.47 Å². The summed E-state index contributed by atoms with van der Waals surface area (Å²) in [5.41, 5.74) is 1.49. The molecule has 0 radical (unpaired) electrons. The van der Waals surface area contributed by atoms with Gasteiger partial charge in [0.05, 0.1) is 12.2 Å². The lowest BCUT2D eigenvalue weighted by atomic mass is 9.77. The van der Waals surface area contributed by atoms with E-state index in [-0.39, 0.29) is 24.3 Å². The van der Waals surface area contributed by atoms with Gasteiger partial charge in [-0.25, -0.2) is 0 Å². The average molecular weight is 527 g/mol. The van der Waals surface area contributed by atoms with Crippen molar-refractivity contribution in [2.75, 3.05) is 6.61 Å². The molecule has 0 saturated heterocycles. The Bertz CT molecular complexity index is 901. The van der Waals surface area contributed by atoms with E-state index < -0.39 is 12.5 Å². The zero-order valence-corrected chi connectivity index (χ0v) is 21.7. The van der Waals surface area contributed by atoms with E-state index in [0.717, 1.165) is 36.5 Å². The fraction of sp³-hybridized carbons (Fsp3) is 0.600. The summed E-state index contributed by atoms with van der Waals surface area (Å²) >= 11 is 0. The fourth-order valence-corrected chi connectivity index (χ4v) is 5.19. The van der Waals surface area contributed by atoms with Crippen LogP contribution >= 0.6 is 0 Å². The van der Waals surface area contributed by atoms with Crippen molar-refractivity contribution in [1.82, 2.24) is 0 Å². The number of benzene rings is 2. The quantitative estimate of drug-likeness (QED) is 0.180. The Balaban J connectivity index is 1.39. The second-order valence-corrected chi connectivity index (χ2v) is 10.2. The highest BCUT2D eigenvalue weighted by Crippen LogP contribution is 2.39. The third kappa shape index (κ3) is 10.3. The minimum absolute atomic E-state index is 0.141. The van der Waals surface area contributed by atoms with Crippen molar-refractivity contribution in [1.29, 1.82) is 0 Å². The molecule has 1 aliphatic rings. The SMILES string of the molecule is CCCCCCCCC1CCC(c2ccc(C(F)(F)OCCc3ccc(OC(F)(F)F)cc3)cc2)CC1. The van der Waals surface area contributed by atoms with E-state index in [0.29, 0.717) is 11.5 Å². The number of alkyl halides is 5. The van der Waals surface area contributed by atoms with Crippen LogP contribution in [-0.4, -0.2) is 13.0 Å². The van der Waals surface area contributed by atoms with Gasteiger partial charge in [0.15, 0.2) is 0 Å². The van der Waals surface area contributed by atoms with Crippen molar-refractivity contribution in [3.63, 3.8) is 0 Å². The van der Waals surface area contributed by atoms with Gasteiger partial charge in [0.2, 0.25) is 0 Å². The zero-order valence-electron chi connectivity index (χ0n) is 21.7. The Morgan fingerprint density at radius 2 is 1.38 bits per heavy atom. The van der Waals surface area contributed by atoms with E-state index in [4.69, 9.17) is 4.74 Å². The number of halogens is 5. The second kappa shape index (κ2) is 14.1. The first-order valence-electron chi connectivity index (χ1n) is 13.6. The molecule has 1 saturated carbocycles. The molecule has 1 aliphatic carbocycles. The molecular formula is C30H39F5O2. The van der Waals surface area contributed by atoms with Crippen molar-refractivity contribution in [3.05, 3.63) is 65.2 Å². The molecule has 0 amide bonds. The predicted molar refractivity (Wildman–Crippen MR) is 136 cm³/mol. The Morgan fingerprint density at radius 3 is 2.00 bits per heavy atom. The molecule has 0 spiro atoms. The smallest absolute Gasteiger partial charge is 0.406 e. The van der Waals surface area contributed by atoms with Crippen LogP contribution in [0.1, 0.15) is 100 Å². The molecule has 3 rings (SSSR count). The maximum atomic E-state index is 14.6. The molecule has 37 heavy (non-hydrogen) atoms. The van der Waals surface area contributed by atoms with Crippen molar-refractivity contribution < 1.29 is 31.4 Å². The summed E-state index contributed by atoms with van der Waals surface area (Å²) in [7, 11) is 0. The van der Waals surface area contributed by atoms with Gasteiger partial charge >= 0.3 is 12.5 Å². The molecule has 2 aromatic rings. The van der Waals surface area contributed by atoms with E-state index in [2.05, 4.69) is 11.7 Å². The summed E-state index contributed by atoms with van der Waals surface area (Å²) in [5.74, 6) is 0.871. The van der Waals surface area contributed by atoms with E-state index in [1.807, 2.05) is 0 Å². The maximum absolute atomic E-state index is 14.6. The lowest BCUT2D eigenvalue weighted by Crippen LogP contribution is -2.20. The summed E-state index contributed by atoms with van der Waals surface area (Å²) in [6.45, 7) is 1.97. The average Bonchev–Trinajstić information content (AvgIpc) is 2.87. The highest BCUT2D eigenvalue weighted by atomic mass is 19.4. The lowest BCUT2D eigenvalue weighted by Gasteiger charge is -2.29. The van der Waals surface area contributed by atoms with Gasteiger partial charge in [0.25, 0.3) is 0 Å². The van der Waals surface area contributed by atoms with Gasteiger partial charge in [0.1, 0.15) is 5.75 Å². The van der Waals surface area contributed by atoms with Crippen LogP contribution in [-0.2, 0) is 17.3 Å². The molecule has 1 fully saturated rings. The number of ether oxygens (including phenoxy) is 2. The highest BCUT2D eigenvalue weighted by molar-refractivity contribution is 5.28. The van der Waals surface area contributed by atoms with Gasteiger partial charge in [-0.3, -0.25) is 0 Å². The predicted octanol–water partition coefficient (Wildman–Crippen LogP) is 9.92. The summed E-state index contributed by atoms with van der Waals surface area (Å²) < 4.78 is 74.5. The third-order valence-corrected chi connectivity index (χ3v) is 7.36. The summed E-state index contributed by atoms with van der Waals surface area (Å²) in [4.78, 5) is 0. The summed E-state index contributed by atoms with van der Waals surface area (Å²) in [6.07, 6.45) is 5.85. The molecule has 2 aromatic carbocycles. The summed E-state index contributed by atoms with van der Waals surface area (Å²) in [5, 5.41) is 0. The number of hydrogen-bond acceptors (Lipinski definition) is 2. The van der Waals surface area contributed by atoms with E-state index in [1.165, 1.54) is 82.1 Å². The Hall–Kier alpha value is -2.15. The molecule has 0 aromatic heterocycles. The van der Waals surface area contributed by atoms with E-state index in [9.17, 15) is 22.0 Å². The molecule has 0 heterocycles. The minimum Gasteiger partial charge on any atom is -0.406 e. The Morgan fingerprint density at radius 1 is 0.757 bits per heavy atom. The Kier molecular flexibility index (Phi) is 11.2. The van der Waals surface area contributed by atoms with Crippen molar-refractivity contribution >= 4 is 0 Å². The van der Waals surface area contributed by atoms with Gasteiger partial charge in [-0.2, -0.15) is 8.78 Å². The topological polar surface area (TPSA) is 18.5 Å². The molecule has 0 atom stereocenters. The van der Waals surface area contributed by atoms with Crippen LogP contribution in [0.4, 0.5) is 22.0 Å². The number of rotatable bonds is 14.